The van der Waals surface area contributed by atoms with E-state index in [-0.39, 0.29) is 23.8 Å². The van der Waals surface area contributed by atoms with Crippen LogP contribution in [0.5, 0.6) is 5.75 Å². The fraction of sp³-hybridized carbons (Fsp3) is 0.444. The fourth-order valence-electron chi connectivity index (χ4n) is 2.35. The molecule has 2 rings (SSSR count). The van der Waals surface area contributed by atoms with Gasteiger partial charge in [0.05, 0.1) is 18.6 Å². The fourth-order valence-corrected chi connectivity index (χ4v) is 3.76. The normalized spacial score (nSPS) is 11.8. The Morgan fingerprint density at radius 1 is 1.30 bits per heavy atom. The summed E-state index contributed by atoms with van der Waals surface area (Å²) in [5.74, 6) is 1.17. The van der Waals surface area contributed by atoms with Gasteiger partial charge >= 0.3 is 0 Å². The van der Waals surface area contributed by atoms with Crippen molar-refractivity contribution in [2.45, 2.75) is 32.1 Å². The van der Waals surface area contributed by atoms with E-state index in [0.29, 0.717) is 23.8 Å². The molecule has 0 aliphatic heterocycles. The van der Waals surface area contributed by atoms with Gasteiger partial charge in [0.15, 0.2) is 5.82 Å². The van der Waals surface area contributed by atoms with Gasteiger partial charge in [0.1, 0.15) is 11.5 Å². The molecule has 0 atom stereocenters. The largest absolute Gasteiger partial charge is 0.497 e. The second-order valence-corrected chi connectivity index (χ2v) is 8.51. The summed E-state index contributed by atoms with van der Waals surface area (Å²) in [6.45, 7) is 5.61. The number of hydrogen-bond donors (Lipinski definition) is 1. The van der Waals surface area contributed by atoms with Crippen molar-refractivity contribution in [3.05, 3.63) is 36.1 Å². The number of methoxy groups -OCH3 is 1. The molecule has 1 aromatic carbocycles. The molecule has 0 saturated heterocycles. The van der Waals surface area contributed by atoms with Gasteiger partial charge < -0.3 is 14.6 Å². The van der Waals surface area contributed by atoms with Crippen molar-refractivity contribution in [1.29, 1.82) is 0 Å². The van der Waals surface area contributed by atoms with Gasteiger partial charge in [-0.25, -0.2) is 8.42 Å². The molecule has 9 heteroatoms. The number of nitrogens with zero attached hydrogens (tertiary/aromatic N) is 2. The summed E-state index contributed by atoms with van der Waals surface area (Å²) in [5, 5.41) is 6.24. The van der Waals surface area contributed by atoms with Gasteiger partial charge in [0, 0.05) is 12.6 Å². The number of carbonyl (C=O) groups is 1. The summed E-state index contributed by atoms with van der Waals surface area (Å²) in [4.78, 5) is 12.4. The molecular weight excluding hydrogens is 370 g/mol. The average molecular weight is 395 g/mol. The zero-order valence-corrected chi connectivity index (χ0v) is 16.7. The number of amides is 1. The first-order chi connectivity index (χ1) is 12.7. The first-order valence-electron chi connectivity index (χ1n) is 8.59. The minimum atomic E-state index is -3.83. The van der Waals surface area contributed by atoms with Crippen LogP contribution in [-0.2, 0) is 14.8 Å². The summed E-state index contributed by atoms with van der Waals surface area (Å²) in [6.07, 6.45) is 0.631. The molecule has 0 aliphatic carbocycles. The minimum Gasteiger partial charge on any atom is -0.497 e. The van der Waals surface area contributed by atoms with Crippen LogP contribution in [0.15, 0.2) is 39.8 Å². The number of hydrogen-bond acceptors (Lipinski definition) is 6. The molecule has 0 spiro atoms. The first kappa shape index (κ1) is 20.9. The van der Waals surface area contributed by atoms with E-state index < -0.39 is 15.9 Å². The topological polar surface area (TPSA) is 102 Å². The third-order valence-corrected chi connectivity index (χ3v) is 5.73. The van der Waals surface area contributed by atoms with E-state index in [2.05, 4.69) is 10.5 Å². The number of aromatic nitrogens is 1. The van der Waals surface area contributed by atoms with Crippen LogP contribution < -0.4 is 10.1 Å². The highest BCUT2D eigenvalue weighted by Crippen LogP contribution is 2.20. The summed E-state index contributed by atoms with van der Waals surface area (Å²) < 4.78 is 37.2. The van der Waals surface area contributed by atoms with Crippen LogP contribution in [0.25, 0.3) is 0 Å². The summed E-state index contributed by atoms with van der Waals surface area (Å²) >= 11 is 0. The van der Waals surface area contributed by atoms with Gasteiger partial charge in [-0.15, -0.1) is 0 Å². The van der Waals surface area contributed by atoms with Crippen molar-refractivity contribution in [1.82, 2.24) is 9.46 Å². The van der Waals surface area contributed by atoms with Crippen molar-refractivity contribution >= 4 is 21.7 Å². The Morgan fingerprint density at radius 2 is 1.96 bits per heavy atom. The number of carbonyl (C=O) groups excluding carboxylic acids is 1. The van der Waals surface area contributed by atoms with Crippen molar-refractivity contribution in [3.63, 3.8) is 0 Å². The SMILES string of the molecule is COc1ccc(S(=O)(=O)N(CCC(C)C)CC(=O)Nc2cc(C)on2)cc1. The lowest BCUT2D eigenvalue weighted by Gasteiger charge is -2.22. The van der Waals surface area contributed by atoms with Crippen LogP contribution in [0.1, 0.15) is 26.0 Å². The predicted octanol–water partition coefficient (Wildman–Crippen LogP) is 2.67. The van der Waals surface area contributed by atoms with Crippen molar-refractivity contribution in [3.8, 4) is 5.75 Å². The Morgan fingerprint density at radius 3 is 2.48 bits per heavy atom. The Hall–Kier alpha value is -2.39. The van der Waals surface area contributed by atoms with Gasteiger partial charge in [-0.05, 0) is 43.5 Å². The number of rotatable bonds is 9. The minimum absolute atomic E-state index is 0.108. The number of anilines is 1. The number of sulfonamides is 1. The number of aryl methyl sites for hydroxylation is 1. The molecule has 1 aromatic heterocycles. The molecule has 0 bridgehead atoms. The molecule has 0 fully saturated rings. The molecule has 148 valence electrons. The molecule has 2 aromatic rings. The number of ether oxygens (including phenoxy) is 1. The van der Waals surface area contributed by atoms with Gasteiger partial charge in [-0.3, -0.25) is 4.79 Å². The standard InChI is InChI=1S/C18H25N3O5S/c1-13(2)9-10-21(12-18(22)19-17-11-14(3)26-20-17)27(23,24)16-7-5-15(25-4)6-8-16/h5-8,11,13H,9-10,12H2,1-4H3,(H,19,20,22). The monoisotopic (exact) mass is 395 g/mol. The van der Waals surface area contributed by atoms with Gasteiger partial charge in [-0.1, -0.05) is 19.0 Å². The van der Waals surface area contributed by atoms with E-state index >= 15 is 0 Å². The van der Waals surface area contributed by atoms with Gasteiger partial charge in [0.25, 0.3) is 0 Å². The van der Waals surface area contributed by atoms with Crippen LogP contribution in [0, 0.1) is 12.8 Å². The molecule has 0 aliphatic rings. The Balaban J connectivity index is 2.19. The maximum absolute atomic E-state index is 13.0. The maximum Gasteiger partial charge on any atom is 0.243 e. The van der Waals surface area contributed by atoms with E-state index in [1.165, 1.54) is 23.5 Å². The molecule has 8 nitrogen and oxygen atoms in total. The van der Waals surface area contributed by atoms with E-state index in [9.17, 15) is 13.2 Å². The third kappa shape index (κ3) is 5.80. The Bertz CT molecular complexity index is 859. The zero-order valence-electron chi connectivity index (χ0n) is 15.9. The van der Waals surface area contributed by atoms with E-state index in [1.54, 1.807) is 25.1 Å². The van der Waals surface area contributed by atoms with E-state index in [4.69, 9.17) is 9.26 Å². The highest BCUT2D eigenvalue weighted by Gasteiger charge is 2.27. The van der Waals surface area contributed by atoms with Crippen molar-refractivity contribution in [2.75, 3.05) is 25.5 Å². The van der Waals surface area contributed by atoms with Gasteiger partial charge in [-0.2, -0.15) is 4.31 Å². The smallest absolute Gasteiger partial charge is 0.243 e. The Labute approximate surface area is 159 Å². The number of nitrogens with one attached hydrogen (secondary N) is 1. The first-order valence-corrected chi connectivity index (χ1v) is 10.0. The molecule has 27 heavy (non-hydrogen) atoms. The predicted molar refractivity (Wildman–Crippen MR) is 101 cm³/mol. The second-order valence-electron chi connectivity index (χ2n) is 6.57. The van der Waals surface area contributed by atoms with Crippen LogP contribution in [-0.4, -0.2) is 44.0 Å². The van der Waals surface area contributed by atoms with E-state index in [1.807, 2.05) is 13.8 Å². The second kappa shape index (κ2) is 9.01. The summed E-state index contributed by atoms with van der Waals surface area (Å²) in [5.41, 5.74) is 0. The van der Waals surface area contributed by atoms with Crippen LogP contribution in [0.2, 0.25) is 0 Å². The summed E-state index contributed by atoms with van der Waals surface area (Å²) in [6, 6.07) is 7.65. The van der Waals surface area contributed by atoms with Gasteiger partial charge in [0.2, 0.25) is 15.9 Å². The number of benzene rings is 1. The molecule has 0 radical (unpaired) electrons. The third-order valence-electron chi connectivity index (χ3n) is 3.87. The quantitative estimate of drug-likeness (QED) is 0.700. The lowest BCUT2D eigenvalue weighted by atomic mass is 10.1. The molecule has 0 saturated carbocycles. The van der Waals surface area contributed by atoms with Crippen molar-refractivity contribution in [2.24, 2.45) is 5.92 Å². The zero-order chi connectivity index (χ0) is 20.0. The maximum atomic E-state index is 13.0. The Kier molecular flexibility index (Phi) is 6.98. The average Bonchev–Trinajstić information content (AvgIpc) is 3.02. The lowest BCUT2D eigenvalue weighted by molar-refractivity contribution is -0.116. The highest BCUT2D eigenvalue weighted by molar-refractivity contribution is 7.89. The molecular formula is C18H25N3O5S. The van der Waals surface area contributed by atoms with Crippen molar-refractivity contribution < 1.29 is 22.5 Å². The summed E-state index contributed by atoms with van der Waals surface area (Å²) in [7, 11) is -2.32. The highest BCUT2D eigenvalue weighted by atomic mass is 32.2. The van der Waals surface area contributed by atoms with Crippen LogP contribution in [0.4, 0.5) is 5.82 Å². The lowest BCUT2D eigenvalue weighted by Crippen LogP contribution is -2.39. The van der Waals surface area contributed by atoms with Crippen LogP contribution >= 0.6 is 0 Å². The molecule has 1 N–H and O–H groups in total. The molecule has 1 amide bonds. The van der Waals surface area contributed by atoms with E-state index in [0.717, 1.165) is 0 Å². The van der Waals surface area contributed by atoms with Crippen LogP contribution in [0.3, 0.4) is 0 Å². The molecule has 0 unspecified atom stereocenters. The molecule has 1 heterocycles.